The van der Waals surface area contributed by atoms with E-state index in [1.807, 2.05) is 27.7 Å². The SMILES string of the molecule is CC(C(N)=S)=C(F)B1OC(C)(C)C(C)(C)O1. The molecule has 0 aromatic carbocycles. The number of halogens is 1. The molecule has 3 nitrogen and oxygen atoms in total. The zero-order chi connectivity index (χ0) is 12.7. The average molecular weight is 245 g/mol. The Labute approximate surface area is 101 Å². The van der Waals surface area contributed by atoms with Crippen LogP contribution in [-0.2, 0) is 9.31 Å². The second-order valence-electron chi connectivity index (χ2n) is 4.93. The molecule has 0 aliphatic carbocycles. The summed E-state index contributed by atoms with van der Waals surface area (Å²) in [6.45, 7) is 8.95. The normalized spacial score (nSPS) is 24.2. The van der Waals surface area contributed by atoms with Crippen molar-refractivity contribution >= 4 is 24.3 Å². The lowest BCUT2D eigenvalue weighted by atomic mass is 9.85. The molecule has 0 aromatic heterocycles. The van der Waals surface area contributed by atoms with Gasteiger partial charge < -0.3 is 15.0 Å². The zero-order valence-electron chi connectivity index (χ0n) is 10.3. The Balaban J connectivity index is 2.97. The van der Waals surface area contributed by atoms with Crippen molar-refractivity contribution in [3.63, 3.8) is 0 Å². The lowest BCUT2D eigenvalue weighted by Gasteiger charge is -2.32. The fourth-order valence-electron chi connectivity index (χ4n) is 1.24. The van der Waals surface area contributed by atoms with Gasteiger partial charge in [0.2, 0.25) is 0 Å². The summed E-state index contributed by atoms with van der Waals surface area (Å²) in [6.07, 6.45) is 0. The Morgan fingerprint density at radius 1 is 1.19 bits per heavy atom. The first-order valence-corrected chi connectivity index (χ1v) is 5.51. The van der Waals surface area contributed by atoms with Crippen molar-refractivity contribution in [2.45, 2.75) is 45.8 Å². The summed E-state index contributed by atoms with van der Waals surface area (Å²) in [6, 6.07) is 0. The minimum atomic E-state index is -1.02. The Kier molecular flexibility index (Phi) is 3.48. The monoisotopic (exact) mass is 245 g/mol. The van der Waals surface area contributed by atoms with Crippen LogP contribution in [0.2, 0.25) is 0 Å². The third kappa shape index (κ3) is 2.28. The van der Waals surface area contributed by atoms with E-state index in [9.17, 15) is 4.39 Å². The summed E-state index contributed by atoms with van der Waals surface area (Å²) in [5, 5.41) is 0. The summed E-state index contributed by atoms with van der Waals surface area (Å²) in [4.78, 5) is 0.0206. The van der Waals surface area contributed by atoms with Crippen molar-refractivity contribution in [1.82, 2.24) is 0 Å². The van der Waals surface area contributed by atoms with Crippen LogP contribution in [0.1, 0.15) is 34.6 Å². The van der Waals surface area contributed by atoms with Crippen molar-refractivity contribution in [3.8, 4) is 0 Å². The van der Waals surface area contributed by atoms with Gasteiger partial charge in [0.1, 0.15) is 10.7 Å². The molecule has 0 atom stereocenters. The van der Waals surface area contributed by atoms with Gasteiger partial charge >= 0.3 is 7.12 Å². The molecule has 1 fully saturated rings. The highest BCUT2D eigenvalue weighted by Crippen LogP contribution is 2.39. The number of rotatable bonds is 2. The van der Waals surface area contributed by atoms with E-state index in [0.29, 0.717) is 0 Å². The van der Waals surface area contributed by atoms with Gasteiger partial charge in [0.25, 0.3) is 0 Å². The molecule has 6 heteroatoms. The van der Waals surface area contributed by atoms with Crippen LogP contribution in [0.3, 0.4) is 0 Å². The minimum absolute atomic E-state index is 0.0206. The summed E-state index contributed by atoms with van der Waals surface area (Å²) < 4.78 is 25.0. The molecular formula is C10H17BFNO2S. The van der Waals surface area contributed by atoms with Crippen molar-refractivity contribution in [1.29, 1.82) is 0 Å². The summed E-state index contributed by atoms with van der Waals surface area (Å²) >= 11 is 4.71. The maximum atomic E-state index is 13.9. The second-order valence-corrected chi connectivity index (χ2v) is 5.37. The molecule has 1 aliphatic heterocycles. The molecule has 0 amide bonds. The molecule has 1 rings (SSSR count). The Bertz CT molecular complexity index is 339. The average Bonchev–Trinajstić information content (AvgIpc) is 2.33. The maximum Gasteiger partial charge on any atom is 0.525 e. The van der Waals surface area contributed by atoms with Crippen molar-refractivity contribution in [2.24, 2.45) is 5.73 Å². The van der Waals surface area contributed by atoms with Crippen LogP contribution in [0.5, 0.6) is 0 Å². The summed E-state index contributed by atoms with van der Waals surface area (Å²) in [7, 11) is -1.02. The van der Waals surface area contributed by atoms with E-state index in [1.165, 1.54) is 6.92 Å². The van der Waals surface area contributed by atoms with E-state index in [4.69, 9.17) is 27.3 Å². The van der Waals surface area contributed by atoms with Crippen LogP contribution < -0.4 is 5.73 Å². The summed E-state index contributed by atoms with van der Waals surface area (Å²) in [5.74, 6) is 0. The minimum Gasteiger partial charge on any atom is -0.398 e. The molecule has 0 radical (unpaired) electrons. The molecule has 0 bridgehead atoms. The Morgan fingerprint density at radius 3 is 1.88 bits per heavy atom. The van der Waals surface area contributed by atoms with E-state index < -0.39 is 24.0 Å². The number of thiocarbonyl (C=S) groups is 1. The topological polar surface area (TPSA) is 44.5 Å². The number of hydrogen-bond acceptors (Lipinski definition) is 3. The first-order valence-electron chi connectivity index (χ1n) is 5.10. The van der Waals surface area contributed by atoms with E-state index in [2.05, 4.69) is 0 Å². The second kappa shape index (κ2) is 4.09. The van der Waals surface area contributed by atoms with Gasteiger partial charge in [-0.05, 0) is 34.6 Å². The molecule has 0 aromatic rings. The maximum absolute atomic E-state index is 13.9. The molecule has 90 valence electrons. The predicted octanol–water partition coefficient (Wildman–Crippen LogP) is 2.15. The van der Waals surface area contributed by atoms with Gasteiger partial charge in [0.15, 0.2) is 0 Å². The first kappa shape index (κ1) is 13.6. The standard InChI is InChI=1S/C10H17BFNO2S/c1-6(8(13)16)7(12)11-14-9(2,3)10(4,5)15-11/h1-5H3,(H2,13,16). The fourth-order valence-corrected chi connectivity index (χ4v) is 1.34. The lowest BCUT2D eigenvalue weighted by molar-refractivity contribution is 0.00578. The van der Waals surface area contributed by atoms with Gasteiger partial charge in [-0.25, -0.2) is 4.39 Å². The molecule has 1 saturated heterocycles. The van der Waals surface area contributed by atoms with Gasteiger partial charge in [-0.2, -0.15) is 0 Å². The van der Waals surface area contributed by atoms with Crippen molar-refractivity contribution in [3.05, 3.63) is 11.3 Å². The van der Waals surface area contributed by atoms with Crippen LogP contribution in [-0.4, -0.2) is 23.3 Å². The highest BCUT2D eigenvalue weighted by molar-refractivity contribution is 7.80. The van der Waals surface area contributed by atoms with Gasteiger partial charge in [-0.1, -0.05) is 12.2 Å². The predicted molar refractivity (Wildman–Crippen MR) is 66.7 cm³/mol. The Hall–Kier alpha value is -0.455. The summed E-state index contributed by atoms with van der Waals surface area (Å²) in [5.41, 5.74) is 3.89. The molecule has 0 saturated carbocycles. The smallest absolute Gasteiger partial charge is 0.398 e. The first-order chi connectivity index (χ1) is 7.08. The molecule has 16 heavy (non-hydrogen) atoms. The van der Waals surface area contributed by atoms with Gasteiger partial charge in [0, 0.05) is 5.57 Å². The lowest BCUT2D eigenvalue weighted by Crippen LogP contribution is -2.41. The van der Waals surface area contributed by atoms with Gasteiger partial charge in [-0.3, -0.25) is 0 Å². The van der Waals surface area contributed by atoms with Crippen LogP contribution in [0, 0.1) is 0 Å². The van der Waals surface area contributed by atoms with Crippen LogP contribution in [0.4, 0.5) is 4.39 Å². The number of nitrogens with two attached hydrogens (primary N) is 1. The van der Waals surface area contributed by atoms with Gasteiger partial charge in [0.05, 0.1) is 11.2 Å². The van der Waals surface area contributed by atoms with Crippen LogP contribution >= 0.6 is 12.2 Å². The van der Waals surface area contributed by atoms with Crippen molar-refractivity contribution in [2.75, 3.05) is 0 Å². The molecule has 1 aliphatic rings. The Morgan fingerprint density at radius 2 is 1.56 bits per heavy atom. The van der Waals surface area contributed by atoms with Gasteiger partial charge in [-0.15, -0.1) is 0 Å². The van der Waals surface area contributed by atoms with Crippen LogP contribution in [0.15, 0.2) is 11.3 Å². The third-order valence-corrected chi connectivity index (χ3v) is 3.49. The van der Waals surface area contributed by atoms with E-state index in [0.717, 1.165) is 0 Å². The largest absolute Gasteiger partial charge is 0.525 e. The molecule has 0 unspecified atom stereocenters. The third-order valence-electron chi connectivity index (χ3n) is 3.19. The molecule has 1 heterocycles. The van der Waals surface area contributed by atoms with E-state index in [1.54, 1.807) is 0 Å². The van der Waals surface area contributed by atoms with Crippen molar-refractivity contribution < 1.29 is 13.7 Å². The highest BCUT2D eigenvalue weighted by atomic mass is 32.1. The molecular weight excluding hydrogens is 228 g/mol. The number of hydrogen-bond donors (Lipinski definition) is 1. The van der Waals surface area contributed by atoms with E-state index >= 15 is 0 Å². The zero-order valence-corrected chi connectivity index (χ0v) is 11.1. The molecule has 2 N–H and O–H groups in total. The van der Waals surface area contributed by atoms with Crippen LogP contribution in [0.25, 0.3) is 0 Å². The highest BCUT2D eigenvalue weighted by Gasteiger charge is 2.53. The van der Waals surface area contributed by atoms with E-state index in [-0.39, 0.29) is 10.6 Å². The quantitative estimate of drug-likeness (QED) is 0.460. The molecule has 0 spiro atoms. The fraction of sp³-hybridized carbons (Fsp3) is 0.700.